The molecule has 0 spiro atoms. The SMILES string of the molecule is CCCn1ccn(CCCCC(C)(C)C#N)c1=O. The molecule has 18 heavy (non-hydrogen) atoms. The molecule has 1 aromatic heterocycles. The molecule has 4 heteroatoms. The minimum atomic E-state index is -0.251. The maximum absolute atomic E-state index is 11.9. The predicted octanol–water partition coefficient (Wildman–Crippen LogP) is 2.78. The zero-order valence-corrected chi connectivity index (χ0v) is 11.6. The molecule has 0 saturated heterocycles. The molecule has 0 radical (unpaired) electrons. The molecule has 0 fully saturated rings. The topological polar surface area (TPSA) is 50.7 Å². The van der Waals surface area contributed by atoms with Crippen LogP contribution in [0, 0.1) is 16.7 Å². The highest BCUT2D eigenvalue weighted by molar-refractivity contribution is 4.91. The number of hydrogen-bond acceptors (Lipinski definition) is 2. The van der Waals surface area contributed by atoms with Crippen molar-refractivity contribution in [1.29, 1.82) is 5.26 Å². The van der Waals surface area contributed by atoms with Gasteiger partial charge in [-0.1, -0.05) is 13.3 Å². The van der Waals surface area contributed by atoms with Crippen LogP contribution in [0.4, 0.5) is 0 Å². The number of nitriles is 1. The molecule has 0 aliphatic carbocycles. The van der Waals surface area contributed by atoms with Crippen LogP contribution in [0.5, 0.6) is 0 Å². The van der Waals surface area contributed by atoms with Gasteiger partial charge in [-0.3, -0.25) is 9.13 Å². The molecule has 4 nitrogen and oxygen atoms in total. The van der Waals surface area contributed by atoms with E-state index >= 15 is 0 Å². The van der Waals surface area contributed by atoms with Crippen molar-refractivity contribution in [2.45, 2.75) is 59.5 Å². The van der Waals surface area contributed by atoms with Crippen molar-refractivity contribution in [2.75, 3.05) is 0 Å². The predicted molar refractivity (Wildman–Crippen MR) is 72.2 cm³/mol. The zero-order valence-electron chi connectivity index (χ0n) is 11.6. The van der Waals surface area contributed by atoms with Crippen molar-refractivity contribution in [3.63, 3.8) is 0 Å². The summed E-state index contributed by atoms with van der Waals surface area (Å²) in [6, 6.07) is 2.30. The first-order valence-electron chi connectivity index (χ1n) is 6.67. The molecular weight excluding hydrogens is 226 g/mol. The second-order valence-corrected chi connectivity index (χ2v) is 5.42. The lowest BCUT2D eigenvalue weighted by Crippen LogP contribution is -2.24. The highest BCUT2D eigenvalue weighted by Crippen LogP contribution is 2.21. The van der Waals surface area contributed by atoms with E-state index < -0.39 is 0 Å². The molecule has 0 amide bonds. The van der Waals surface area contributed by atoms with Gasteiger partial charge in [-0.05, 0) is 33.1 Å². The Morgan fingerprint density at radius 3 is 2.39 bits per heavy atom. The summed E-state index contributed by atoms with van der Waals surface area (Å²) in [6.07, 6.45) is 7.49. The first-order chi connectivity index (χ1) is 8.50. The Kier molecular flexibility index (Phi) is 5.21. The fourth-order valence-electron chi connectivity index (χ4n) is 1.94. The standard InChI is InChI=1S/C14H23N3O/c1-4-8-16-10-11-17(13(16)18)9-6-5-7-14(2,3)12-15/h10-11H,4-9H2,1-3H3. The van der Waals surface area contributed by atoms with E-state index in [2.05, 4.69) is 13.0 Å². The Hall–Kier alpha value is -1.50. The van der Waals surface area contributed by atoms with Gasteiger partial charge in [0.15, 0.2) is 0 Å². The molecule has 0 bridgehead atoms. The van der Waals surface area contributed by atoms with Gasteiger partial charge >= 0.3 is 5.69 Å². The van der Waals surface area contributed by atoms with Gasteiger partial charge in [0.2, 0.25) is 0 Å². The molecule has 0 aromatic carbocycles. The van der Waals surface area contributed by atoms with Crippen molar-refractivity contribution in [3.8, 4) is 6.07 Å². The Balaban J connectivity index is 2.41. The zero-order chi connectivity index (χ0) is 13.6. The first-order valence-corrected chi connectivity index (χ1v) is 6.67. The van der Waals surface area contributed by atoms with Crippen molar-refractivity contribution in [1.82, 2.24) is 9.13 Å². The van der Waals surface area contributed by atoms with Gasteiger partial charge < -0.3 is 0 Å². The molecule has 0 aliphatic rings. The van der Waals surface area contributed by atoms with Crippen LogP contribution in [0.25, 0.3) is 0 Å². The Morgan fingerprint density at radius 2 is 1.83 bits per heavy atom. The summed E-state index contributed by atoms with van der Waals surface area (Å²) in [4.78, 5) is 11.9. The van der Waals surface area contributed by atoms with Crippen LogP contribution in [-0.2, 0) is 13.1 Å². The van der Waals surface area contributed by atoms with Gasteiger partial charge in [0.1, 0.15) is 0 Å². The number of nitrogens with zero attached hydrogens (tertiary/aromatic N) is 3. The summed E-state index contributed by atoms with van der Waals surface area (Å²) >= 11 is 0. The van der Waals surface area contributed by atoms with Crippen LogP contribution in [0.1, 0.15) is 46.5 Å². The van der Waals surface area contributed by atoms with Crippen molar-refractivity contribution in [3.05, 3.63) is 22.9 Å². The summed E-state index contributed by atoms with van der Waals surface area (Å²) in [5.41, 5.74) is -0.171. The lowest BCUT2D eigenvalue weighted by molar-refractivity contribution is 0.415. The third-order valence-electron chi connectivity index (χ3n) is 3.14. The molecule has 1 rings (SSSR count). The normalized spacial score (nSPS) is 11.4. The van der Waals surface area contributed by atoms with Crippen LogP contribution in [0.15, 0.2) is 17.2 Å². The van der Waals surface area contributed by atoms with E-state index in [0.29, 0.717) is 0 Å². The maximum atomic E-state index is 11.9. The van der Waals surface area contributed by atoms with Gasteiger partial charge in [0.25, 0.3) is 0 Å². The van der Waals surface area contributed by atoms with Crippen LogP contribution in [0.2, 0.25) is 0 Å². The van der Waals surface area contributed by atoms with Crippen LogP contribution >= 0.6 is 0 Å². The summed E-state index contributed by atoms with van der Waals surface area (Å²) in [6.45, 7) is 7.51. The van der Waals surface area contributed by atoms with E-state index in [0.717, 1.165) is 38.8 Å². The summed E-state index contributed by atoms with van der Waals surface area (Å²) in [5.74, 6) is 0. The molecule has 1 aromatic rings. The van der Waals surface area contributed by atoms with Gasteiger partial charge in [-0.25, -0.2) is 4.79 Å². The van der Waals surface area contributed by atoms with Gasteiger partial charge in [-0.2, -0.15) is 5.26 Å². The van der Waals surface area contributed by atoms with Gasteiger partial charge in [0.05, 0.1) is 11.5 Å². The number of imidazole rings is 1. The summed E-state index contributed by atoms with van der Waals surface area (Å²) < 4.78 is 3.51. The highest BCUT2D eigenvalue weighted by atomic mass is 16.1. The highest BCUT2D eigenvalue weighted by Gasteiger charge is 2.15. The van der Waals surface area contributed by atoms with Crippen molar-refractivity contribution >= 4 is 0 Å². The number of aryl methyl sites for hydroxylation is 2. The quantitative estimate of drug-likeness (QED) is 0.698. The second kappa shape index (κ2) is 6.44. The average Bonchev–Trinajstić information content (AvgIpc) is 2.68. The molecule has 0 N–H and O–H groups in total. The summed E-state index contributed by atoms with van der Waals surface area (Å²) in [5, 5.41) is 8.91. The Morgan fingerprint density at radius 1 is 1.22 bits per heavy atom. The number of hydrogen-bond donors (Lipinski definition) is 0. The van der Waals surface area contributed by atoms with E-state index in [9.17, 15) is 4.79 Å². The van der Waals surface area contributed by atoms with Crippen LogP contribution in [0.3, 0.4) is 0 Å². The van der Waals surface area contributed by atoms with Crippen LogP contribution < -0.4 is 5.69 Å². The molecule has 100 valence electrons. The van der Waals surface area contributed by atoms with E-state index in [1.54, 1.807) is 9.13 Å². The van der Waals surface area contributed by atoms with Crippen molar-refractivity contribution in [2.24, 2.45) is 5.41 Å². The maximum Gasteiger partial charge on any atom is 0.328 e. The number of unbranched alkanes of at least 4 members (excludes halogenated alkanes) is 1. The molecule has 1 heterocycles. The fourth-order valence-corrected chi connectivity index (χ4v) is 1.94. The monoisotopic (exact) mass is 249 g/mol. The molecular formula is C14H23N3O. The smallest absolute Gasteiger partial charge is 0.299 e. The molecule has 0 saturated carbocycles. The lowest BCUT2D eigenvalue weighted by Gasteiger charge is -2.14. The second-order valence-electron chi connectivity index (χ2n) is 5.42. The molecule has 0 unspecified atom stereocenters. The third kappa shape index (κ3) is 4.06. The largest absolute Gasteiger partial charge is 0.328 e. The first kappa shape index (κ1) is 14.6. The third-order valence-corrected chi connectivity index (χ3v) is 3.14. The van der Waals surface area contributed by atoms with Crippen molar-refractivity contribution < 1.29 is 0 Å². The lowest BCUT2D eigenvalue weighted by atomic mass is 9.89. The van der Waals surface area contributed by atoms with E-state index in [1.807, 2.05) is 26.2 Å². The minimum Gasteiger partial charge on any atom is -0.299 e. The van der Waals surface area contributed by atoms with E-state index in [4.69, 9.17) is 5.26 Å². The Bertz CT molecular complexity index is 462. The number of aromatic nitrogens is 2. The van der Waals surface area contributed by atoms with Gasteiger partial charge in [0, 0.05) is 25.5 Å². The van der Waals surface area contributed by atoms with Crippen LogP contribution in [-0.4, -0.2) is 9.13 Å². The van der Waals surface area contributed by atoms with Gasteiger partial charge in [-0.15, -0.1) is 0 Å². The van der Waals surface area contributed by atoms with E-state index in [1.165, 1.54) is 0 Å². The molecule has 0 atom stereocenters. The fraction of sp³-hybridized carbons (Fsp3) is 0.714. The van der Waals surface area contributed by atoms with E-state index in [-0.39, 0.29) is 11.1 Å². The number of rotatable bonds is 7. The molecule has 0 aliphatic heterocycles. The summed E-state index contributed by atoms with van der Waals surface area (Å²) in [7, 11) is 0. The minimum absolute atomic E-state index is 0.0800. The average molecular weight is 249 g/mol. The Labute approximate surface area is 109 Å².